The van der Waals surface area contributed by atoms with Gasteiger partial charge in [-0.05, 0) is 49.6 Å². The van der Waals surface area contributed by atoms with Gasteiger partial charge in [0.15, 0.2) is 29.2 Å². The fourth-order valence-electron chi connectivity index (χ4n) is 3.95. The van der Waals surface area contributed by atoms with Gasteiger partial charge in [0.05, 0.1) is 0 Å². The lowest BCUT2D eigenvalue weighted by Gasteiger charge is -2.40. The highest BCUT2D eigenvalue weighted by molar-refractivity contribution is 6.01. The summed E-state index contributed by atoms with van der Waals surface area (Å²) in [6.07, 6.45) is -1.17. The van der Waals surface area contributed by atoms with Gasteiger partial charge in [-0.2, -0.15) is 0 Å². The average Bonchev–Trinajstić information content (AvgIpc) is 3.33. The number of carbonyl (C=O) groups is 3. The third kappa shape index (κ3) is 6.67. The SMILES string of the molecule is CC(=O)N(C(=O)C(C)Oc1ccccc1)[C@](CCCN=C(N)N)(NCc1ccc2c(c1)OCO2)C(=O)O. The zero-order valence-corrected chi connectivity index (χ0v) is 20.7. The molecule has 0 fully saturated rings. The largest absolute Gasteiger partial charge is 0.481 e. The standard InChI is InChI=1S/C25H31N5O7/c1-16(37-19-7-4-3-5-8-19)22(32)30(17(2)31)25(23(33)34,11-6-12-28-24(26)27)29-14-18-9-10-20-21(13-18)36-15-35-20/h3-5,7-10,13,16,29H,6,11-12,14-15H2,1-2H3,(H,33,34)(H4,26,27,28)/t16?,25-/m0/s1. The van der Waals surface area contributed by atoms with Crippen LogP contribution in [0.5, 0.6) is 17.2 Å². The molecule has 0 bridgehead atoms. The first kappa shape index (κ1) is 27.3. The maximum absolute atomic E-state index is 13.5. The number of benzene rings is 2. The molecule has 0 spiro atoms. The molecule has 12 heteroatoms. The summed E-state index contributed by atoms with van der Waals surface area (Å²) in [6.45, 7) is 2.76. The van der Waals surface area contributed by atoms with Crippen molar-refractivity contribution in [2.75, 3.05) is 13.3 Å². The van der Waals surface area contributed by atoms with Crippen LogP contribution in [0, 0.1) is 0 Å². The summed E-state index contributed by atoms with van der Waals surface area (Å²) in [5.74, 6) is -1.69. The fraction of sp³-hybridized carbons (Fsp3) is 0.360. The lowest BCUT2D eigenvalue weighted by atomic mass is 9.99. The van der Waals surface area contributed by atoms with Gasteiger partial charge in [0.1, 0.15) is 5.75 Å². The van der Waals surface area contributed by atoms with Gasteiger partial charge >= 0.3 is 5.97 Å². The minimum absolute atomic E-state index is 0.00375. The van der Waals surface area contributed by atoms with Crippen molar-refractivity contribution >= 4 is 23.7 Å². The van der Waals surface area contributed by atoms with Crippen LogP contribution in [0.4, 0.5) is 0 Å². The number of nitrogens with zero attached hydrogens (tertiary/aromatic N) is 2. The monoisotopic (exact) mass is 513 g/mol. The maximum Gasteiger partial charge on any atom is 0.345 e. The van der Waals surface area contributed by atoms with Crippen LogP contribution in [0.1, 0.15) is 32.3 Å². The minimum Gasteiger partial charge on any atom is -0.481 e. The van der Waals surface area contributed by atoms with Crippen LogP contribution in [0.2, 0.25) is 0 Å². The normalized spacial score (nSPS) is 14.2. The summed E-state index contributed by atoms with van der Waals surface area (Å²) in [6, 6.07) is 13.7. The Hall–Kier alpha value is -4.32. The number of carboxylic acid groups (broad SMARTS) is 1. The number of aliphatic imine (C=N–C) groups is 1. The first-order valence-electron chi connectivity index (χ1n) is 11.6. The van der Waals surface area contributed by atoms with Crippen molar-refractivity contribution < 1.29 is 33.7 Å². The van der Waals surface area contributed by atoms with Gasteiger partial charge < -0.3 is 30.8 Å². The zero-order chi connectivity index (χ0) is 27.0. The van der Waals surface area contributed by atoms with Crippen molar-refractivity contribution in [2.24, 2.45) is 16.5 Å². The van der Waals surface area contributed by atoms with Gasteiger partial charge in [0.25, 0.3) is 5.91 Å². The molecule has 3 rings (SSSR count). The average molecular weight is 514 g/mol. The second-order valence-corrected chi connectivity index (χ2v) is 8.38. The highest BCUT2D eigenvalue weighted by Gasteiger charge is 2.49. The second kappa shape index (κ2) is 12.1. The highest BCUT2D eigenvalue weighted by atomic mass is 16.7. The summed E-state index contributed by atoms with van der Waals surface area (Å²) in [5.41, 5.74) is 9.32. The van der Waals surface area contributed by atoms with Gasteiger partial charge in [0.2, 0.25) is 12.7 Å². The Labute approximate surface area is 214 Å². The summed E-state index contributed by atoms with van der Waals surface area (Å²) in [7, 11) is 0. The number of hydrogen-bond acceptors (Lipinski definition) is 8. The van der Waals surface area contributed by atoms with Crippen molar-refractivity contribution in [3.63, 3.8) is 0 Å². The van der Waals surface area contributed by atoms with E-state index in [1.54, 1.807) is 48.5 Å². The molecule has 2 aromatic carbocycles. The number of nitrogens with two attached hydrogens (primary N) is 2. The van der Waals surface area contributed by atoms with Gasteiger partial charge in [-0.25, -0.2) is 9.69 Å². The quantitative estimate of drug-likeness (QED) is 0.139. The Morgan fingerprint density at radius 3 is 2.51 bits per heavy atom. The number of fused-ring (bicyclic) bond motifs is 1. The van der Waals surface area contributed by atoms with E-state index in [2.05, 4.69) is 10.3 Å². The second-order valence-electron chi connectivity index (χ2n) is 8.38. The topological polar surface area (TPSA) is 179 Å². The molecule has 1 heterocycles. The minimum atomic E-state index is -2.12. The molecule has 1 aliphatic rings. The van der Waals surface area contributed by atoms with Crippen molar-refractivity contribution in [3.05, 3.63) is 54.1 Å². The van der Waals surface area contributed by atoms with Crippen LogP contribution < -0.4 is 31.0 Å². The van der Waals surface area contributed by atoms with E-state index in [0.717, 1.165) is 6.92 Å². The van der Waals surface area contributed by atoms with Gasteiger partial charge in [-0.15, -0.1) is 0 Å². The number of amides is 2. The number of carboxylic acids is 1. The number of rotatable bonds is 12. The van der Waals surface area contributed by atoms with Crippen molar-refractivity contribution in [3.8, 4) is 17.2 Å². The Kier molecular flexibility index (Phi) is 8.90. The third-order valence-electron chi connectivity index (χ3n) is 5.69. The fourth-order valence-corrected chi connectivity index (χ4v) is 3.95. The van der Waals surface area contributed by atoms with Crippen LogP contribution in [-0.4, -0.2) is 58.9 Å². The van der Waals surface area contributed by atoms with E-state index in [1.807, 2.05) is 0 Å². The molecule has 1 unspecified atom stereocenters. The molecular weight excluding hydrogens is 482 g/mol. The van der Waals surface area contributed by atoms with Crippen LogP contribution in [-0.2, 0) is 20.9 Å². The summed E-state index contributed by atoms with van der Waals surface area (Å²) in [4.78, 5) is 43.8. The molecule has 2 amide bonds. The van der Waals surface area contributed by atoms with Gasteiger partial charge in [-0.3, -0.25) is 19.9 Å². The van der Waals surface area contributed by atoms with E-state index in [1.165, 1.54) is 6.92 Å². The number of carbonyl (C=O) groups excluding carboxylic acids is 2. The lowest BCUT2D eigenvalue weighted by molar-refractivity contribution is -0.172. The number of guanidine groups is 1. The van der Waals surface area contributed by atoms with Crippen molar-refractivity contribution in [1.82, 2.24) is 10.2 Å². The van der Waals surface area contributed by atoms with Crippen LogP contribution >= 0.6 is 0 Å². The first-order valence-corrected chi connectivity index (χ1v) is 11.6. The Balaban J connectivity index is 1.92. The number of imide groups is 1. The van der Waals surface area contributed by atoms with E-state index in [9.17, 15) is 19.5 Å². The Bertz CT molecular complexity index is 1150. The summed E-state index contributed by atoms with van der Waals surface area (Å²) < 4.78 is 16.4. The molecule has 0 aromatic heterocycles. The highest BCUT2D eigenvalue weighted by Crippen LogP contribution is 2.33. The van der Waals surface area contributed by atoms with Crippen molar-refractivity contribution in [1.29, 1.82) is 0 Å². The summed E-state index contributed by atoms with van der Waals surface area (Å²) in [5, 5.41) is 13.4. The number of hydrogen-bond donors (Lipinski definition) is 4. The molecule has 12 nitrogen and oxygen atoms in total. The summed E-state index contributed by atoms with van der Waals surface area (Å²) >= 11 is 0. The predicted molar refractivity (Wildman–Crippen MR) is 134 cm³/mol. The molecule has 1 aliphatic heterocycles. The molecule has 0 saturated heterocycles. The molecule has 2 atom stereocenters. The van der Waals surface area contributed by atoms with E-state index >= 15 is 0 Å². The van der Waals surface area contributed by atoms with E-state index in [0.29, 0.717) is 27.7 Å². The number of para-hydroxylation sites is 1. The lowest BCUT2D eigenvalue weighted by Crippen LogP contribution is -2.68. The number of nitrogens with one attached hydrogen (secondary N) is 1. The van der Waals surface area contributed by atoms with Crippen LogP contribution in [0.25, 0.3) is 0 Å². The Morgan fingerprint density at radius 1 is 1.16 bits per heavy atom. The molecule has 37 heavy (non-hydrogen) atoms. The van der Waals surface area contributed by atoms with Crippen molar-refractivity contribution in [2.45, 2.75) is 45.0 Å². The third-order valence-corrected chi connectivity index (χ3v) is 5.69. The molecule has 0 saturated carbocycles. The van der Waals surface area contributed by atoms with E-state index < -0.39 is 29.6 Å². The van der Waals surface area contributed by atoms with Crippen LogP contribution in [0.15, 0.2) is 53.5 Å². The molecule has 198 valence electrons. The van der Waals surface area contributed by atoms with Gasteiger partial charge in [-0.1, -0.05) is 24.3 Å². The van der Waals surface area contributed by atoms with Gasteiger partial charge in [0, 0.05) is 20.0 Å². The first-order chi connectivity index (χ1) is 17.6. The molecule has 0 aliphatic carbocycles. The number of aliphatic carboxylic acids is 1. The zero-order valence-electron chi connectivity index (χ0n) is 20.7. The molecule has 2 aromatic rings. The van der Waals surface area contributed by atoms with E-state index in [4.69, 9.17) is 25.7 Å². The molecule has 0 radical (unpaired) electrons. The maximum atomic E-state index is 13.5. The van der Waals surface area contributed by atoms with E-state index in [-0.39, 0.29) is 38.7 Å². The van der Waals surface area contributed by atoms with Crippen LogP contribution in [0.3, 0.4) is 0 Å². The molecule has 6 N–H and O–H groups in total. The smallest absolute Gasteiger partial charge is 0.345 e. The Morgan fingerprint density at radius 2 is 1.86 bits per heavy atom. The predicted octanol–water partition coefficient (Wildman–Crippen LogP) is 1.18. The number of ether oxygens (including phenoxy) is 3. The molecular formula is C25H31N5O7.